The van der Waals surface area contributed by atoms with E-state index in [1.807, 2.05) is 0 Å². The van der Waals surface area contributed by atoms with Crippen molar-refractivity contribution in [1.82, 2.24) is 21.3 Å². The van der Waals surface area contributed by atoms with E-state index in [0.717, 1.165) is 12.8 Å². The van der Waals surface area contributed by atoms with E-state index in [2.05, 4.69) is 21.3 Å². The fourth-order valence-corrected chi connectivity index (χ4v) is 3.97. The molecule has 1 rings (SSSR count). The highest BCUT2D eigenvalue weighted by atomic mass is 16.2. The lowest BCUT2D eigenvalue weighted by atomic mass is 9.90. The second-order valence-electron chi connectivity index (χ2n) is 8.12. The van der Waals surface area contributed by atoms with Crippen LogP contribution in [0, 0.1) is 5.41 Å². The molecule has 0 spiro atoms. The SMILES string of the molecule is CCC(CC)(NC(C)=O)C(=O)N[C@@H](CCCNC(=N)N)C(=O)NC1(C(N)=O)CCCC1. The van der Waals surface area contributed by atoms with Gasteiger partial charge in [0.05, 0.1) is 0 Å². The van der Waals surface area contributed by atoms with E-state index in [1.54, 1.807) is 13.8 Å². The van der Waals surface area contributed by atoms with Crippen molar-refractivity contribution in [2.75, 3.05) is 6.54 Å². The van der Waals surface area contributed by atoms with Crippen LogP contribution in [-0.2, 0) is 19.2 Å². The normalized spacial score (nSPS) is 16.1. The average molecular weight is 440 g/mol. The summed E-state index contributed by atoms with van der Waals surface area (Å²) in [6.45, 7) is 5.24. The van der Waals surface area contributed by atoms with E-state index >= 15 is 0 Å². The van der Waals surface area contributed by atoms with Crippen LogP contribution in [0.5, 0.6) is 0 Å². The van der Waals surface area contributed by atoms with E-state index in [1.165, 1.54) is 6.92 Å². The first-order valence-corrected chi connectivity index (χ1v) is 10.8. The molecule has 0 bridgehead atoms. The van der Waals surface area contributed by atoms with Gasteiger partial charge in [0.1, 0.15) is 17.1 Å². The molecule has 1 aliphatic carbocycles. The number of guanidine groups is 1. The number of nitrogens with two attached hydrogens (primary N) is 2. The van der Waals surface area contributed by atoms with E-state index in [9.17, 15) is 19.2 Å². The van der Waals surface area contributed by atoms with Crippen LogP contribution in [0.4, 0.5) is 0 Å². The molecule has 1 saturated carbocycles. The first kappa shape index (κ1) is 26.2. The van der Waals surface area contributed by atoms with Crippen molar-refractivity contribution in [3.05, 3.63) is 0 Å². The van der Waals surface area contributed by atoms with Crippen LogP contribution in [-0.4, -0.2) is 53.3 Å². The van der Waals surface area contributed by atoms with Crippen molar-refractivity contribution in [2.24, 2.45) is 11.5 Å². The number of amides is 4. The average Bonchev–Trinajstić information content (AvgIpc) is 3.17. The van der Waals surface area contributed by atoms with Gasteiger partial charge in [0, 0.05) is 13.5 Å². The Balaban J connectivity index is 3.02. The molecule has 1 atom stereocenters. The van der Waals surface area contributed by atoms with Crippen LogP contribution in [0.3, 0.4) is 0 Å². The maximum absolute atomic E-state index is 13.1. The number of nitrogens with one attached hydrogen (secondary N) is 5. The molecule has 31 heavy (non-hydrogen) atoms. The first-order valence-electron chi connectivity index (χ1n) is 10.8. The molecule has 0 aromatic carbocycles. The number of hydrogen-bond acceptors (Lipinski definition) is 5. The van der Waals surface area contributed by atoms with Crippen LogP contribution in [0.1, 0.15) is 72.1 Å². The topological polar surface area (TPSA) is 192 Å². The fourth-order valence-electron chi connectivity index (χ4n) is 3.97. The predicted octanol–water partition coefficient (Wildman–Crippen LogP) is -0.656. The first-order chi connectivity index (χ1) is 14.5. The minimum Gasteiger partial charge on any atom is -0.370 e. The second-order valence-corrected chi connectivity index (χ2v) is 8.12. The van der Waals surface area contributed by atoms with Crippen molar-refractivity contribution < 1.29 is 19.2 Å². The molecule has 11 nitrogen and oxygen atoms in total. The maximum Gasteiger partial charge on any atom is 0.246 e. The molecule has 4 amide bonds. The summed E-state index contributed by atoms with van der Waals surface area (Å²) in [5, 5.41) is 18.1. The Morgan fingerprint density at radius 3 is 2.13 bits per heavy atom. The molecule has 0 heterocycles. The van der Waals surface area contributed by atoms with Crippen molar-refractivity contribution in [3.63, 3.8) is 0 Å². The Kier molecular flexibility index (Phi) is 9.73. The van der Waals surface area contributed by atoms with Crippen LogP contribution >= 0.6 is 0 Å². The minimum atomic E-state index is -1.14. The Morgan fingerprint density at radius 2 is 1.68 bits per heavy atom. The minimum absolute atomic E-state index is 0.190. The zero-order chi connectivity index (χ0) is 23.7. The zero-order valence-corrected chi connectivity index (χ0v) is 18.7. The molecule has 176 valence electrons. The van der Waals surface area contributed by atoms with Gasteiger partial charge in [-0.3, -0.25) is 24.6 Å². The Morgan fingerprint density at radius 1 is 1.10 bits per heavy atom. The largest absolute Gasteiger partial charge is 0.370 e. The zero-order valence-electron chi connectivity index (χ0n) is 18.7. The number of carbonyl (C=O) groups excluding carboxylic acids is 4. The highest BCUT2D eigenvalue weighted by Crippen LogP contribution is 2.29. The van der Waals surface area contributed by atoms with E-state index in [-0.39, 0.29) is 18.3 Å². The standard InChI is InChI=1S/C20H37N7O4/c1-4-19(5-2,26-13(3)28)17(31)25-14(9-8-12-24-18(22)23)15(29)27-20(16(21)30)10-6-7-11-20/h14H,4-12H2,1-3H3,(H2,21,30)(H,25,31)(H,26,28)(H,27,29)(H4,22,23,24)/t14-/m0/s1. The highest BCUT2D eigenvalue weighted by molar-refractivity contribution is 5.96. The summed E-state index contributed by atoms with van der Waals surface area (Å²) in [7, 11) is 0. The van der Waals surface area contributed by atoms with Crippen molar-refractivity contribution >= 4 is 29.6 Å². The third-order valence-electron chi connectivity index (χ3n) is 5.96. The van der Waals surface area contributed by atoms with Crippen molar-refractivity contribution in [3.8, 4) is 0 Å². The van der Waals surface area contributed by atoms with E-state index < -0.39 is 34.8 Å². The third-order valence-corrected chi connectivity index (χ3v) is 5.96. The van der Waals surface area contributed by atoms with Crippen LogP contribution in [0.2, 0.25) is 0 Å². The quantitative estimate of drug-likeness (QED) is 0.120. The molecule has 9 N–H and O–H groups in total. The maximum atomic E-state index is 13.1. The van der Waals surface area contributed by atoms with Gasteiger partial charge < -0.3 is 32.7 Å². The number of carbonyl (C=O) groups is 4. The Labute approximate surface area is 183 Å². The number of rotatable bonds is 12. The summed E-state index contributed by atoms with van der Waals surface area (Å²) in [4.78, 5) is 49.9. The van der Waals surface area contributed by atoms with Crippen LogP contribution in [0.25, 0.3) is 0 Å². The van der Waals surface area contributed by atoms with Gasteiger partial charge in [-0.15, -0.1) is 0 Å². The van der Waals surface area contributed by atoms with Gasteiger partial charge in [-0.1, -0.05) is 26.7 Å². The monoisotopic (exact) mass is 439 g/mol. The van der Waals surface area contributed by atoms with Gasteiger partial charge in [-0.25, -0.2) is 0 Å². The summed E-state index contributed by atoms with van der Waals surface area (Å²) >= 11 is 0. The lowest BCUT2D eigenvalue weighted by Crippen LogP contribution is -2.64. The van der Waals surface area contributed by atoms with Gasteiger partial charge in [-0.05, 0) is 38.5 Å². The van der Waals surface area contributed by atoms with Crippen molar-refractivity contribution in [1.29, 1.82) is 5.41 Å². The fraction of sp³-hybridized carbons (Fsp3) is 0.750. The Bertz CT molecular complexity index is 685. The highest BCUT2D eigenvalue weighted by Gasteiger charge is 2.43. The van der Waals surface area contributed by atoms with Gasteiger partial charge in [0.15, 0.2) is 5.96 Å². The lowest BCUT2D eigenvalue weighted by molar-refractivity contribution is -0.137. The molecule has 0 unspecified atom stereocenters. The van der Waals surface area contributed by atoms with Gasteiger partial charge >= 0.3 is 0 Å². The van der Waals surface area contributed by atoms with Crippen LogP contribution < -0.4 is 32.7 Å². The Hall–Kier alpha value is -2.85. The predicted molar refractivity (Wildman–Crippen MR) is 117 cm³/mol. The molecule has 0 aromatic rings. The summed E-state index contributed by atoms with van der Waals surface area (Å²) in [5.74, 6) is -2.08. The van der Waals surface area contributed by atoms with Gasteiger partial charge in [-0.2, -0.15) is 0 Å². The molecular weight excluding hydrogens is 402 g/mol. The summed E-state index contributed by atoms with van der Waals surface area (Å²) in [6.07, 6.45) is 3.85. The number of hydrogen-bond donors (Lipinski definition) is 7. The molecule has 0 aliphatic heterocycles. The van der Waals surface area contributed by atoms with Gasteiger partial charge in [0.25, 0.3) is 0 Å². The summed E-state index contributed by atoms with van der Waals surface area (Å²) in [6, 6.07) is -0.940. The summed E-state index contributed by atoms with van der Waals surface area (Å²) in [5.41, 5.74) is 8.60. The second kappa shape index (κ2) is 11.5. The molecule has 1 aliphatic rings. The summed E-state index contributed by atoms with van der Waals surface area (Å²) < 4.78 is 0. The molecule has 0 saturated heterocycles. The molecule has 11 heteroatoms. The molecule has 1 fully saturated rings. The van der Waals surface area contributed by atoms with Crippen LogP contribution in [0.15, 0.2) is 0 Å². The lowest BCUT2D eigenvalue weighted by Gasteiger charge is -2.34. The smallest absolute Gasteiger partial charge is 0.246 e. The van der Waals surface area contributed by atoms with Gasteiger partial charge in [0.2, 0.25) is 23.6 Å². The molecule has 0 aromatic heterocycles. The van der Waals surface area contributed by atoms with E-state index in [4.69, 9.17) is 16.9 Å². The molecule has 0 radical (unpaired) electrons. The third kappa shape index (κ3) is 7.11. The molecular formula is C20H37N7O4. The number of primary amides is 1. The van der Waals surface area contributed by atoms with E-state index in [0.29, 0.717) is 38.6 Å². The van der Waals surface area contributed by atoms with Crippen molar-refractivity contribution in [2.45, 2.75) is 89.3 Å².